The van der Waals surface area contributed by atoms with Crippen LogP contribution in [0.1, 0.15) is 6.42 Å². The molecule has 2 unspecified atom stereocenters. The smallest absolute Gasteiger partial charge is 0.234 e. The number of piperidine rings is 1. The number of amides is 1. The third-order valence-electron chi connectivity index (χ3n) is 2.35. The molecular formula is C7H11N3O2. The minimum Gasteiger partial charge on any atom is -0.411 e. The molecular weight excluding hydrogens is 158 g/mol. The second kappa shape index (κ2) is 2.75. The number of oxime groups is 1. The predicted molar refractivity (Wildman–Crippen MR) is 42.2 cm³/mol. The minimum atomic E-state index is -0.0405. The summed E-state index contributed by atoms with van der Waals surface area (Å²) in [5.41, 5.74) is 0.673. The first kappa shape index (κ1) is 7.54. The quantitative estimate of drug-likeness (QED) is 0.362. The summed E-state index contributed by atoms with van der Waals surface area (Å²) in [6.07, 6.45) is 0.852. The van der Waals surface area contributed by atoms with Crippen molar-refractivity contribution < 1.29 is 10.0 Å². The molecule has 3 rings (SSSR count). The van der Waals surface area contributed by atoms with E-state index in [2.05, 4.69) is 10.5 Å². The molecule has 3 aliphatic heterocycles. The molecule has 2 atom stereocenters. The number of hydrogen-bond donors (Lipinski definition) is 2. The van der Waals surface area contributed by atoms with E-state index in [1.807, 2.05) is 4.90 Å². The Kier molecular flexibility index (Phi) is 1.73. The highest BCUT2D eigenvalue weighted by molar-refractivity contribution is 5.97. The van der Waals surface area contributed by atoms with Gasteiger partial charge in [0.15, 0.2) is 0 Å². The predicted octanol–water partition coefficient (Wildman–Crippen LogP) is -0.979. The molecule has 2 bridgehead atoms. The second-order valence-electron chi connectivity index (χ2n) is 3.21. The maximum atomic E-state index is 11.1. The molecule has 0 spiro atoms. The first-order valence-electron chi connectivity index (χ1n) is 4.02. The van der Waals surface area contributed by atoms with Crippen LogP contribution in [0, 0.1) is 0 Å². The largest absolute Gasteiger partial charge is 0.411 e. The van der Waals surface area contributed by atoms with Crippen molar-refractivity contribution in [2.45, 2.75) is 12.5 Å². The molecule has 12 heavy (non-hydrogen) atoms. The van der Waals surface area contributed by atoms with E-state index in [-0.39, 0.29) is 11.9 Å². The lowest BCUT2D eigenvalue weighted by atomic mass is 10.0. The van der Waals surface area contributed by atoms with Crippen molar-refractivity contribution in [3.05, 3.63) is 0 Å². The van der Waals surface area contributed by atoms with Gasteiger partial charge in [0.25, 0.3) is 0 Å². The average molecular weight is 169 g/mol. The maximum Gasteiger partial charge on any atom is 0.234 e. The molecule has 3 aliphatic rings. The van der Waals surface area contributed by atoms with Crippen molar-refractivity contribution >= 4 is 11.6 Å². The average Bonchev–Trinajstić information content (AvgIpc) is 2.32. The lowest BCUT2D eigenvalue weighted by molar-refractivity contribution is -0.121. The van der Waals surface area contributed by atoms with Gasteiger partial charge in [-0.25, -0.2) is 0 Å². The van der Waals surface area contributed by atoms with Crippen molar-refractivity contribution in [3.8, 4) is 0 Å². The SMILES string of the molecule is O=C1CN2CCC(N1)/C(=N\O)C2. The number of carbonyl (C=O) groups excluding carboxylic acids is 1. The van der Waals surface area contributed by atoms with E-state index in [1.165, 1.54) is 0 Å². The summed E-state index contributed by atoms with van der Waals surface area (Å²) in [7, 11) is 0. The van der Waals surface area contributed by atoms with Crippen LogP contribution < -0.4 is 5.32 Å². The number of fused-ring (bicyclic) bond motifs is 4. The van der Waals surface area contributed by atoms with Gasteiger partial charge in [0.05, 0.1) is 18.3 Å². The van der Waals surface area contributed by atoms with Crippen molar-refractivity contribution in [3.63, 3.8) is 0 Å². The van der Waals surface area contributed by atoms with Crippen molar-refractivity contribution in [2.75, 3.05) is 19.6 Å². The Hall–Kier alpha value is -1.10. The van der Waals surface area contributed by atoms with E-state index < -0.39 is 0 Å². The molecule has 1 amide bonds. The Labute approximate surface area is 70.0 Å². The third-order valence-corrected chi connectivity index (χ3v) is 2.35. The summed E-state index contributed by atoms with van der Waals surface area (Å²) in [5, 5.41) is 14.6. The Morgan fingerprint density at radius 3 is 3.17 bits per heavy atom. The van der Waals surface area contributed by atoms with Crippen molar-refractivity contribution in [1.29, 1.82) is 0 Å². The van der Waals surface area contributed by atoms with Crippen LogP contribution in [0.15, 0.2) is 5.16 Å². The van der Waals surface area contributed by atoms with E-state index >= 15 is 0 Å². The Morgan fingerprint density at radius 1 is 1.58 bits per heavy atom. The van der Waals surface area contributed by atoms with Gasteiger partial charge in [-0.05, 0) is 6.42 Å². The fourth-order valence-electron chi connectivity index (χ4n) is 1.73. The van der Waals surface area contributed by atoms with Gasteiger partial charge in [0.2, 0.25) is 5.91 Å². The van der Waals surface area contributed by atoms with Gasteiger partial charge in [-0.1, -0.05) is 5.16 Å². The van der Waals surface area contributed by atoms with Crippen LogP contribution in [-0.2, 0) is 4.79 Å². The third kappa shape index (κ3) is 1.16. The number of hydrogen-bond acceptors (Lipinski definition) is 4. The van der Waals surface area contributed by atoms with Gasteiger partial charge >= 0.3 is 0 Å². The molecule has 66 valence electrons. The Balaban J connectivity index is 2.23. The fourth-order valence-corrected chi connectivity index (χ4v) is 1.73. The lowest BCUT2D eigenvalue weighted by Gasteiger charge is -2.25. The molecule has 3 fully saturated rings. The number of rotatable bonds is 0. The minimum absolute atomic E-state index is 0.0242. The van der Waals surface area contributed by atoms with Crippen LogP contribution in [0.25, 0.3) is 0 Å². The normalized spacial score (nSPS) is 38.0. The van der Waals surface area contributed by atoms with Crippen molar-refractivity contribution in [1.82, 2.24) is 10.2 Å². The van der Waals surface area contributed by atoms with Gasteiger partial charge in [-0.15, -0.1) is 0 Å². The molecule has 3 heterocycles. The highest BCUT2D eigenvalue weighted by Gasteiger charge is 2.31. The molecule has 0 radical (unpaired) electrons. The van der Waals surface area contributed by atoms with E-state index in [4.69, 9.17) is 5.21 Å². The topological polar surface area (TPSA) is 64.9 Å². The standard InChI is InChI=1S/C7H11N3O2/c11-7-4-10-2-1-5(8-7)6(3-10)9-12/h5,12H,1-4H2,(H,8,11)/b9-6-. The molecule has 0 aromatic heterocycles. The summed E-state index contributed by atoms with van der Waals surface area (Å²) < 4.78 is 0. The Morgan fingerprint density at radius 2 is 2.42 bits per heavy atom. The molecule has 3 saturated heterocycles. The van der Waals surface area contributed by atoms with Crippen LogP contribution in [0.5, 0.6) is 0 Å². The van der Waals surface area contributed by atoms with Crippen LogP contribution in [0.2, 0.25) is 0 Å². The van der Waals surface area contributed by atoms with E-state index in [0.717, 1.165) is 13.0 Å². The second-order valence-corrected chi connectivity index (χ2v) is 3.21. The Bertz CT molecular complexity index is 239. The van der Waals surface area contributed by atoms with Gasteiger partial charge in [0, 0.05) is 13.1 Å². The summed E-state index contributed by atoms with van der Waals surface area (Å²) in [4.78, 5) is 13.1. The molecule has 5 heteroatoms. The van der Waals surface area contributed by atoms with E-state index in [9.17, 15) is 4.79 Å². The van der Waals surface area contributed by atoms with Gasteiger partial charge in [0.1, 0.15) is 0 Å². The van der Waals surface area contributed by atoms with E-state index in [0.29, 0.717) is 18.8 Å². The van der Waals surface area contributed by atoms with Gasteiger partial charge < -0.3 is 10.5 Å². The maximum absolute atomic E-state index is 11.1. The summed E-state index contributed by atoms with van der Waals surface area (Å²) in [6.45, 7) is 1.94. The van der Waals surface area contributed by atoms with Gasteiger partial charge in [-0.2, -0.15) is 0 Å². The fraction of sp³-hybridized carbons (Fsp3) is 0.714. The van der Waals surface area contributed by atoms with Crippen LogP contribution in [0.4, 0.5) is 0 Å². The number of nitrogens with zero attached hydrogens (tertiary/aromatic N) is 2. The molecule has 0 aromatic carbocycles. The summed E-state index contributed by atoms with van der Waals surface area (Å²) >= 11 is 0. The summed E-state index contributed by atoms with van der Waals surface area (Å²) in [5.74, 6) is 0.0242. The van der Waals surface area contributed by atoms with Crippen LogP contribution in [-0.4, -0.2) is 47.4 Å². The number of carbonyl (C=O) groups is 1. The summed E-state index contributed by atoms with van der Waals surface area (Å²) in [6, 6.07) is -0.0405. The lowest BCUT2D eigenvalue weighted by Crippen LogP contribution is -2.44. The molecule has 0 saturated carbocycles. The zero-order valence-electron chi connectivity index (χ0n) is 6.66. The zero-order valence-corrected chi connectivity index (χ0v) is 6.66. The number of nitrogens with one attached hydrogen (secondary N) is 1. The van der Waals surface area contributed by atoms with E-state index in [1.54, 1.807) is 0 Å². The van der Waals surface area contributed by atoms with Crippen LogP contribution >= 0.6 is 0 Å². The first-order valence-corrected chi connectivity index (χ1v) is 4.02. The highest BCUT2D eigenvalue weighted by atomic mass is 16.4. The molecule has 0 aliphatic carbocycles. The molecule has 0 aromatic rings. The molecule has 2 N–H and O–H groups in total. The van der Waals surface area contributed by atoms with Crippen LogP contribution in [0.3, 0.4) is 0 Å². The highest BCUT2D eigenvalue weighted by Crippen LogP contribution is 2.11. The monoisotopic (exact) mass is 169 g/mol. The first-order chi connectivity index (χ1) is 5.79. The van der Waals surface area contributed by atoms with Crippen molar-refractivity contribution in [2.24, 2.45) is 5.16 Å². The zero-order chi connectivity index (χ0) is 8.55. The van der Waals surface area contributed by atoms with Gasteiger partial charge in [-0.3, -0.25) is 9.69 Å². The molecule has 5 nitrogen and oxygen atoms in total.